The molecule has 1 heterocycles. The standard InChI is InChI=1S/C24H22N2OS2/c1-16-9-10-17(2)20(13-16)23(27)26(15-18-7-5-4-6-8-18)24-25-21-12-11-19(28-3)14-22(21)29-24/h4-14H,15H2,1-3H3. The molecule has 1 amide bonds. The Balaban J connectivity index is 1.79. The zero-order valence-electron chi connectivity index (χ0n) is 16.7. The van der Waals surface area contributed by atoms with Crippen LogP contribution in [-0.2, 0) is 6.54 Å². The Kier molecular flexibility index (Phi) is 5.69. The van der Waals surface area contributed by atoms with Crippen molar-refractivity contribution in [2.75, 3.05) is 11.2 Å². The van der Waals surface area contributed by atoms with E-state index < -0.39 is 0 Å². The Morgan fingerprint density at radius 1 is 1.03 bits per heavy atom. The largest absolute Gasteiger partial charge is 0.279 e. The topological polar surface area (TPSA) is 33.2 Å². The van der Waals surface area contributed by atoms with Gasteiger partial charge in [0.1, 0.15) is 0 Å². The lowest BCUT2D eigenvalue weighted by atomic mass is 10.0. The SMILES string of the molecule is CSc1ccc2nc(N(Cc3ccccc3)C(=O)c3cc(C)ccc3C)sc2c1. The van der Waals surface area contributed by atoms with Crippen molar-refractivity contribution in [2.24, 2.45) is 0 Å². The normalized spacial score (nSPS) is 11.0. The van der Waals surface area contributed by atoms with E-state index in [2.05, 4.69) is 18.4 Å². The fourth-order valence-electron chi connectivity index (χ4n) is 3.24. The van der Waals surface area contributed by atoms with Crippen LogP contribution in [0.5, 0.6) is 0 Å². The molecule has 0 saturated heterocycles. The molecule has 0 aliphatic rings. The highest BCUT2D eigenvalue weighted by molar-refractivity contribution is 7.98. The summed E-state index contributed by atoms with van der Waals surface area (Å²) < 4.78 is 1.10. The second-order valence-corrected chi connectivity index (χ2v) is 8.91. The van der Waals surface area contributed by atoms with Crippen molar-refractivity contribution in [2.45, 2.75) is 25.3 Å². The van der Waals surface area contributed by atoms with Crippen LogP contribution in [0.1, 0.15) is 27.0 Å². The molecule has 146 valence electrons. The van der Waals surface area contributed by atoms with Crippen LogP contribution in [0, 0.1) is 13.8 Å². The molecule has 0 aliphatic heterocycles. The minimum absolute atomic E-state index is 0.0146. The van der Waals surface area contributed by atoms with E-state index in [0.29, 0.717) is 6.54 Å². The molecular formula is C24H22N2OS2. The first-order valence-corrected chi connectivity index (χ1v) is 11.5. The van der Waals surface area contributed by atoms with Crippen molar-refractivity contribution in [3.63, 3.8) is 0 Å². The summed E-state index contributed by atoms with van der Waals surface area (Å²) in [5, 5.41) is 0.730. The van der Waals surface area contributed by atoms with Gasteiger partial charge in [0.2, 0.25) is 0 Å². The monoisotopic (exact) mass is 418 g/mol. The van der Waals surface area contributed by atoms with Gasteiger partial charge in [-0.2, -0.15) is 0 Å². The molecule has 0 atom stereocenters. The average molecular weight is 419 g/mol. The maximum Gasteiger partial charge on any atom is 0.260 e. The zero-order valence-corrected chi connectivity index (χ0v) is 18.3. The summed E-state index contributed by atoms with van der Waals surface area (Å²) in [4.78, 5) is 21.4. The molecule has 4 aromatic rings. The maximum absolute atomic E-state index is 13.6. The number of benzene rings is 3. The first kappa shape index (κ1) is 19.7. The predicted octanol–water partition coefficient (Wildman–Crippen LogP) is 6.48. The van der Waals surface area contributed by atoms with Gasteiger partial charge in [0, 0.05) is 10.5 Å². The van der Waals surface area contributed by atoms with Crippen molar-refractivity contribution in [1.29, 1.82) is 0 Å². The highest BCUT2D eigenvalue weighted by atomic mass is 32.2. The van der Waals surface area contributed by atoms with Gasteiger partial charge >= 0.3 is 0 Å². The van der Waals surface area contributed by atoms with Gasteiger partial charge in [0.15, 0.2) is 5.13 Å². The number of rotatable bonds is 5. The van der Waals surface area contributed by atoms with E-state index in [1.165, 1.54) is 4.90 Å². The van der Waals surface area contributed by atoms with Crippen molar-refractivity contribution in [3.8, 4) is 0 Å². The molecule has 0 fully saturated rings. The van der Waals surface area contributed by atoms with Crippen LogP contribution in [-0.4, -0.2) is 17.1 Å². The van der Waals surface area contributed by atoms with Gasteiger partial charge in [-0.1, -0.05) is 59.4 Å². The van der Waals surface area contributed by atoms with Crippen LogP contribution < -0.4 is 4.90 Å². The van der Waals surface area contributed by atoms with Crippen molar-refractivity contribution < 1.29 is 4.79 Å². The number of aromatic nitrogens is 1. The van der Waals surface area contributed by atoms with Gasteiger partial charge in [-0.25, -0.2) is 4.98 Å². The molecule has 0 spiro atoms. The minimum atomic E-state index is -0.0146. The Hall–Kier alpha value is -2.63. The third kappa shape index (κ3) is 4.21. The van der Waals surface area contributed by atoms with Gasteiger partial charge in [0.05, 0.1) is 16.8 Å². The number of aryl methyl sites for hydroxylation is 2. The van der Waals surface area contributed by atoms with Crippen molar-refractivity contribution >= 4 is 44.4 Å². The third-order valence-electron chi connectivity index (χ3n) is 4.87. The minimum Gasteiger partial charge on any atom is -0.279 e. The van der Waals surface area contributed by atoms with Crippen LogP contribution in [0.4, 0.5) is 5.13 Å². The van der Waals surface area contributed by atoms with E-state index in [4.69, 9.17) is 4.98 Å². The maximum atomic E-state index is 13.6. The highest BCUT2D eigenvalue weighted by Gasteiger charge is 2.23. The summed E-state index contributed by atoms with van der Waals surface area (Å²) in [6.07, 6.45) is 2.06. The summed E-state index contributed by atoms with van der Waals surface area (Å²) in [5.41, 5.74) is 4.78. The Morgan fingerprint density at radius 2 is 1.83 bits per heavy atom. The molecule has 0 aliphatic carbocycles. The fraction of sp³-hybridized carbons (Fsp3) is 0.167. The zero-order chi connectivity index (χ0) is 20.4. The molecular weight excluding hydrogens is 396 g/mol. The molecule has 0 N–H and O–H groups in total. The summed E-state index contributed by atoms with van der Waals surface area (Å²) >= 11 is 3.28. The lowest BCUT2D eigenvalue weighted by Gasteiger charge is -2.21. The van der Waals surface area contributed by atoms with E-state index in [9.17, 15) is 4.79 Å². The lowest BCUT2D eigenvalue weighted by molar-refractivity contribution is 0.0984. The number of thioether (sulfide) groups is 1. The number of fused-ring (bicyclic) bond motifs is 1. The second-order valence-electron chi connectivity index (χ2n) is 7.03. The summed E-state index contributed by atoms with van der Waals surface area (Å²) in [5.74, 6) is -0.0146. The molecule has 3 nitrogen and oxygen atoms in total. The molecule has 5 heteroatoms. The third-order valence-corrected chi connectivity index (χ3v) is 6.63. The summed E-state index contributed by atoms with van der Waals surface area (Å²) in [6, 6.07) is 22.3. The van der Waals surface area contributed by atoms with E-state index in [-0.39, 0.29) is 5.91 Å². The van der Waals surface area contributed by atoms with Gasteiger partial charge in [0.25, 0.3) is 5.91 Å². The first-order chi connectivity index (χ1) is 14.0. The number of anilines is 1. The number of amides is 1. The van der Waals surface area contributed by atoms with Crippen LogP contribution in [0.2, 0.25) is 0 Å². The number of thiazole rings is 1. The number of hydrogen-bond donors (Lipinski definition) is 0. The molecule has 4 rings (SSSR count). The molecule has 1 aromatic heterocycles. The summed E-state index contributed by atoms with van der Waals surface area (Å²) in [7, 11) is 0. The van der Waals surface area contributed by atoms with E-state index in [0.717, 1.165) is 37.6 Å². The number of hydrogen-bond acceptors (Lipinski definition) is 4. The Bertz CT molecular complexity index is 1170. The molecule has 29 heavy (non-hydrogen) atoms. The molecule has 3 aromatic carbocycles. The highest BCUT2D eigenvalue weighted by Crippen LogP contribution is 2.33. The number of carbonyl (C=O) groups excluding carboxylic acids is 1. The van der Waals surface area contributed by atoms with Crippen LogP contribution >= 0.6 is 23.1 Å². The van der Waals surface area contributed by atoms with Crippen LogP contribution in [0.15, 0.2) is 71.6 Å². The van der Waals surface area contributed by atoms with Gasteiger partial charge in [-0.3, -0.25) is 9.69 Å². The Morgan fingerprint density at radius 3 is 2.59 bits per heavy atom. The van der Waals surface area contributed by atoms with Crippen molar-refractivity contribution in [1.82, 2.24) is 4.98 Å². The fourth-order valence-corrected chi connectivity index (χ4v) is 4.76. The molecule has 0 bridgehead atoms. The van der Waals surface area contributed by atoms with Gasteiger partial charge in [-0.15, -0.1) is 11.8 Å². The van der Waals surface area contributed by atoms with E-state index >= 15 is 0 Å². The van der Waals surface area contributed by atoms with E-state index in [1.807, 2.05) is 68.4 Å². The van der Waals surface area contributed by atoms with Crippen LogP contribution in [0.3, 0.4) is 0 Å². The first-order valence-electron chi connectivity index (χ1n) is 9.43. The smallest absolute Gasteiger partial charge is 0.260 e. The van der Waals surface area contributed by atoms with Gasteiger partial charge in [-0.05, 0) is 55.5 Å². The number of nitrogens with zero attached hydrogens (tertiary/aromatic N) is 2. The molecule has 0 saturated carbocycles. The van der Waals surface area contributed by atoms with Crippen molar-refractivity contribution in [3.05, 3.63) is 89.0 Å². The quantitative estimate of drug-likeness (QED) is 0.348. The average Bonchev–Trinajstić information content (AvgIpc) is 3.16. The summed E-state index contributed by atoms with van der Waals surface area (Å²) in [6.45, 7) is 4.48. The molecule has 0 unspecified atom stereocenters. The number of carbonyl (C=O) groups is 1. The van der Waals surface area contributed by atoms with E-state index in [1.54, 1.807) is 28.0 Å². The lowest BCUT2D eigenvalue weighted by Crippen LogP contribution is -2.31. The second kappa shape index (κ2) is 8.39. The Labute approximate surface area is 179 Å². The predicted molar refractivity (Wildman–Crippen MR) is 124 cm³/mol. The van der Waals surface area contributed by atoms with Gasteiger partial charge < -0.3 is 0 Å². The van der Waals surface area contributed by atoms with Crippen LogP contribution in [0.25, 0.3) is 10.2 Å². The molecule has 0 radical (unpaired) electrons.